The van der Waals surface area contributed by atoms with E-state index in [1.54, 1.807) is 0 Å². The Morgan fingerprint density at radius 3 is 2.73 bits per heavy atom. The van der Waals surface area contributed by atoms with Gasteiger partial charge in [0.05, 0.1) is 5.02 Å². The molecule has 1 aromatic carbocycles. The molecule has 0 bridgehead atoms. The zero-order valence-corrected chi connectivity index (χ0v) is 15.8. The number of halogens is 1. The van der Waals surface area contributed by atoms with E-state index in [1.807, 2.05) is 31.2 Å². The first-order chi connectivity index (χ1) is 12.5. The summed E-state index contributed by atoms with van der Waals surface area (Å²) in [5.74, 6) is -0.929. The molecule has 138 valence electrons. The van der Waals surface area contributed by atoms with E-state index >= 15 is 0 Å². The Morgan fingerprint density at radius 2 is 2.04 bits per heavy atom. The van der Waals surface area contributed by atoms with Gasteiger partial charge in [-0.1, -0.05) is 29.8 Å². The van der Waals surface area contributed by atoms with Gasteiger partial charge in [-0.05, 0) is 31.7 Å². The number of thiophene rings is 1. The Hall–Kier alpha value is -2.12. The average molecular weight is 395 g/mol. The number of nitrogens with one attached hydrogen (secondary N) is 2. The molecule has 1 aliphatic rings. The second kappa shape index (κ2) is 8.05. The van der Waals surface area contributed by atoms with E-state index in [4.69, 9.17) is 16.3 Å². The van der Waals surface area contributed by atoms with Crippen molar-refractivity contribution < 1.29 is 19.1 Å². The molecule has 0 saturated heterocycles. The summed E-state index contributed by atoms with van der Waals surface area (Å²) in [4.78, 5) is 36.0. The maximum Gasteiger partial charge on any atom is 0.325 e. The maximum atomic E-state index is 12.2. The van der Waals surface area contributed by atoms with E-state index in [0.717, 1.165) is 22.9 Å². The smallest absolute Gasteiger partial charge is 0.325 e. The van der Waals surface area contributed by atoms with Crippen LogP contribution < -0.4 is 10.6 Å². The number of hydrogen-bond acceptors (Lipinski definition) is 5. The first-order valence-corrected chi connectivity index (χ1v) is 9.55. The lowest BCUT2D eigenvalue weighted by Crippen LogP contribution is -2.38. The molecule has 2 amide bonds. The van der Waals surface area contributed by atoms with Gasteiger partial charge in [0.25, 0.3) is 11.8 Å². The number of rotatable bonds is 7. The Labute approximate surface area is 159 Å². The Balaban J connectivity index is 1.45. The van der Waals surface area contributed by atoms with E-state index < -0.39 is 11.9 Å². The van der Waals surface area contributed by atoms with E-state index in [9.17, 15) is 14.4 Å². The maximum absolute atomic E-state index is 12.2. The second-order valence-corrected chi connectivity index (χ2v) is 7.71. The molecular formula is C18H19ClN2O4S. The van der Waals surface area contributed by atoms with Crippen LogP contribution in [0.4, 0.5) is 0 Å². The van der Waals surface area contributed by atoms with Crippen LogP contribution in [0.2, 0.25) is 5.02 Å². The molecule has 0 radical (unpaired) electrons. The van der Waals surface area contributed by atoms with Gasteiger partial charge in [0, 0.05) is 16.1 Å². The summed E-state index contributed by atoms with van der Waals surface area (Å²) in [7, 11) is 0. The minimum absolute atomic E-state index is 0.0935. The van der Waals surface area contributed by atoms with Crippen molar-refractivity contribution in [2.75, 3.05) is 13.2 Å². The molecule has 1 aliphatic carbocycles. The van der Waals surface area contributed by atoms with E-state index in [-0.39, 0.29) is 25.1 Å². The number of hydrogen-bond donors (Lipinski definition) is 2. The SMILES string of the molecule is C[C@H](NC(=O)COC(=O)CNC(=O)c1sc2ccccc2c1Cl)C1CC1. The lowest BCUT2D eigenvalue weighted by atomic mass is 10.2. The van der Waals surface area contributed by atoms with Crippen LogP contribution in [0.5, 0.6) is 0 Å². The summed E-state index contributed by atoms with van der Waals surface area (Å²) in [5, 5.41) is 6.43. The number of carbonyl (C=O) groups is 3. The number of fused-ring (bicyclic) bond motifs is 1. The molecular weight excluding hydrogens is 376 g/mol. The molecule has 2 aromatic rings. The van der Waals surface area contributed by atoms with Gasteiger partial charge >= 0.3 is 5.97 Å². The summed E-state index contributed by atoms with van der Waals surface area (Å²) >= 11 is 7.49. The standard InChI is InChI=1S/C18H19ClN2O4S/c1-10(11-6-7-11)21-14(22)9-25-15(23)8-20-18(24)17-16(19)12-4-2-3-5-13(12)26-17/h2-5,10-11H,6-9H2,1H3,(H,20,24)(H,21,22)/t10-/m0/s1. The first-order valence-electron chi connectivity index (χ1n) is 8.36. The summed E-state index contributed by atoms with van der Waals surface area (Å²) in [6.07, 6.45) is 2.24. The van der Waals surface area contributed by atoms with Crippen molar-refractivity contribution in [2.24, 2.45) is 5.92 Å². The van der Waals surface area contributed by atoms with Gasteiger partial charge in [0.1, 0.15) is 11.4 Å². The highest BCUT2D eigenvalue weighted by atomic mass is 35.5. The Morgan fingerprint density at radius 1 is 1.31 bits per heavy atom. The van der Waals surface area contributed by atoms with Gasteiger partial charge in [-0.15, -0.1) is 11.3 Å². The lowest BCUT2D eigenvalue weighted by Gasteiger charge is -2.12. The summed E-state index contributed by atoms with van der Waals surface area (Å²) in [6, 6.07) is 7.51. The molecule has 0 unspecified atom stereocenters. The van der Waals surface area contributed by atoms with Gasteiger partial charge in [-0.2, -0.15) is 0 Å². The van der Waals surface area contributed by atoms with Gasteiger partial charge in [0.15, 0.2) is 6.61 Å². The van der Waals surface area contributed by atoms with Crippen molar-refractivity contribution in [1.29, 1.82) is 0 Å². The van der Waals surface area contributed by atoms with Crippen LogP contribution in [0.25, 0.3) is 10.1 Å². The zero-order chi connectivity index (χ0) is 18.7. The van der Waals surface area contributed by atoms with Crippen molar-refractivity contribution in [3.8, 4) is 0 Å². The normalized spacial score (nSPS) is 14.7. The molecule has 1 saturated carbocycles. The third-order valence-corrected chi connectivity index (χ3v) is 5.89. The van der Waals surface area contributed by atoms with Gasteiger partial charge in [-0.25, -0.2) is 0 Å². The van der Waals surface area contributed by atoms with Crippen LogP contribution >= 0.6 is 22.9 Å². The number of ether oxygens (including phenoxy) is 1. The molecule has 1 fully saturated rings. The van der Waals surface area contributed by atoms with Crippen molar-refractivity contribution in [1.82, 2.24) is 10.6 Å². The van der Waals surface area contributed by atoms with Crippen molar-refractivity contribution >= 4 is 50.8 Å². The van der Waals surface area contributed by atoms with Gasteiger partial charge in [-0.3, -0.25) is 14.4 Å². The lowest BCUT2D eigenvalue weighted by molar-refractivity contribution is -0.147. The predicted molar refractivity (Wildman–Crippen MR) is 100 cm³/mol. The van der Waals surface area contributed by atoms with Gasteiger partial charge in [0.2, 0.25) is 0 Å². The number of amides is 2. The highest BCUT2D eigenvalue weighted by molar-refractivity contribution is 7.21. The highest BCUT2D eigenvalue weighted by Gasteiger charge is 2.29. The molecule has 1 atom stereocenters. The minimum atomic E-state index is -0.676. The van der Waals surface area contributed by atoms with E-state index in [2.05, 4.69) is 10.6 Å². The van der Waals surface area contributed by atoms with Crippen LogP contribution in [0.3, 0.4) is 0 Å². The first kappa shape index (κ1) is 18.7. The molecule has 26 heavy (non-hydrogen) atoms. The fourth-order valence-corrected chi connectivity index (χ4v) is 4.03. The third-order valence-electron chi connectivity index (χ3n) is 4.22. The molecule has 3 rings (SSSR count). The molecule has 6 nitrogen and oxygen atoms in total. The molecule has 2 N–H and O–H groups in total. The van der Waals surface area contributed by atoms with E-state index in [0.29, 0.717) is 15.8 Å². The second-order valence-electron chi connectivity index (χ2n) is 6.28. The monoisotopic (exact) mass is 394 g/mol. The zero-order valence-electron chi connectivity index (χ0n) is 14.2. The number of benzene rings is 1. The molecule has 0 spiro atoms. The van der Waals surface area contributed by atoms with Crippen LogP contribution in [0.1, 0.15) is 29.4 Å². The Bertz CT molecular complexity index is 847. The van der Waals surface area contributed by atoms with Gasteiger partial charge < -0.3 is 15.4 Å². The fraction of sp³-hybridized carbons (Fsp3) is 0.389. The number of esters is 1. The molecule has 0 aliphatic heterocycles. The van der Waals surface area contributed by atoms with E-state index in [1.165, 1.54) is 11.3 Å². The average Bonchev–Trinajstić information content (AvgIpc) is 3.43. The minimum Gasteiger partial charge on any atom is -0.454 e. The van der Waals surface area contributed by atoms with Crippen LogP contribution in [0, 0.1) is 5.92 Å². The summed E-state index contributed by atoms with van der Waals surface area (Å²) < 4.78 is 5.78. The number of carbonyl (C=O) groups excluding carboxylic acids is 3. The summed E-state index contributed by atoms with van der Waals surface area (Å²) in [5.41, 5.74) is 0. The van der Waals surface area contributed by atoms with Crippen LogP contribution in [0.15, 0.2) is 24.3 Å². The predicted octanol–water partition coefficient (Wildman–Crippen LogP) is 2.74. The molecule has 1 aromatic heterocycles. The largest absolute Gasteiger partial charge is 0.454 e. The molecule has 1 heterocycles. The Kier molecular flexibility index (Phi) is 5.78. The summed E-state index contributed by atoms with van der Waals surface area (Å²) in [6.45, 7) is 1.26. The fourth-order valence-electron chi connectivity index (χ4n) is 2.60. The van der Waals surface area contributed by atoms with Crippen molar-refractivity contribution in [3.05, 3.63) is 34.2 Å². The van der Waals surface area contributed by atoms with Crippen LogP contribution in [-0.2, 0) is 14.3 Å². The quantitative estimate of drug-likeness (QED) is 0.707. The topological polar surface area (TPSA) is 84.5 Å². The van der Waals surface area contributed by atoms with Crippen molar-refractivity contribution in [3.63, 3.8) is 0 Å². The third kappa shape index (κ3) is 4.53. The van der Waals surface area contributed by atoms with Crippen molar-refractivity contribution in [2.45, 2.75) is 25.8 Å². The highest BCUT2D eigenvalue weighted by Crippen LogP contribution is 2.35. The molecule has 8 heteroatoms. The van der Waals surface area contributed by atoms with Crippen LogP contribution in [-0.4, -0.2) is 37.0 Å².